The number of benzene rings is 1. The van der Waals surface area contributed by atoms with Gasteiger partial charge in [-0.25, -0.2) is 0 Å². The third-order valence-corrected chi connectivity index (χ3v) is 1.16. The topological polar surface area (TPSA) is 34.1 Å². The van der Waals surface area contributed by atoms with E-state index in [4.69, 9.17) is 0 Å². The SMILES string of the molecule is O=[C]c1ccc(C=O)cc1. The zero-order valence-corrected chi connectivity index (χ0v) is 5.20. The van der Waals surface area contributed by atoms with Crippen LogP contribution in [0.5, 0.6) is 0 Å². The van der Waals surface area contributed by atoms with Crippen LogP contribution in [0, 0.1) is 0 Å². The summed E-state index contributed by atoms with van der Waals surface area (Å²) in [6.07, 6.45) is 2.44. The second kappa shape index (κ2) is 2.92. The lowest BCUT2D eigenvalue weighted by atomic mass is 10.2. The molecule has 1 aromatic carbocycles. The van der Waals surface area contributed by atoms with E-state index in [0.717, 1.165) is 6.29 Å². The van der Waals surface area contributed by atoms with Crippen molar-refractivity contribution in [1.29, 1.82) is 0 Å². The van der Waals surface area contributed by atoms with Crippen LogP contribution in [-0.4, -0.2) is 12.6 Å². The maximum atomic E-state index is 10.1. The van der Waals surface area contributed by atoms with Crippen molar-refractivity contribution in [2.24, 2.45) is 0 Å². The highest BCUT2D eigenvalue weighted by Gasteiger charge is 1.89. The molecule has 0 amide bonds. The summed E-state index contributed by atoms with van der Waals surface area (Å²) in [5.41, 5.74) is 1.03. The van der Waals surface area contributed by atoms with Crippen LogP contribution < -0.4 is 0 Å². The molecule has 0 heterocycles. The van der Waals surface area contributed by atoms with E-state index in [1.54, 1.807) is 30.6 Å². The van der Waals surface area contributed by atoms with Crippen LogP contribution in [0.4, 0.5) is 0 Å². The summed E-state index contributed by atoms with van der Waals surface area (Å²) in [4.78, 5) is 20.1. The Kier molecular flexibility index (Phi) is 1.95. The maximum absolute atomic E-state index is 10.1. The van der Waals surface area contributed by atoms with Crippen molar-refractivity contribution in [1.82, 2.24) is 0 Å². The van der Waals surface area contributed by atoms with Gasteiger partial charge in [-0.15, -0.1) is 0 Å². The summed E-state index contributed by atoms with van der Waals surface area (Å²) in [6, 6.07) is 6.26. The van der Waals surface area contributed by atoms with Crippen LogP contribution in [-0.2, 0) is 4.79 Å². The van der Waals surface area contributed by atoms with Gasteiger partial charge in [0.15, 0.2) is 0 Å². The molecule has 0 fully saturated rings. The molecular formula is C8H5O2. The van der Waals surface area contributed by atoms with E-state index < -0.39 is 0 Å². The molecule has 10 heavy (non-hydrogen) atoms. The number of hydrogen-bond acceptors (Lipinski definition) is 2. The first-order chi connectivity index (χ1) is 4.86. The van der Waals surface area contributed by atoms with E-state index in [0.29, 0.717) is 11.1 Å². The lowest BCUT2D eigenvalue weighted by Crippen LogP contribution is -1.81. The quantitative estimate of drug-likeness (QED) is 0.563. The number of carbonyl (C=O) groups excluding carboxylic acids is 2. The van der Waals surface area contributed by atoms with Gasteiger partial charge in [-0.2, -0.15) is 0 Å². The molecule has 0 unspecified atom stereocenters. The molecule has 0 aliphatic carbocycles. The van der Waals surface area contributed by atoms with Gasteiger partial charge < -0.3 is 0 Å². The molecule has 0 atom stereocenters. The Balaban J connectivity index is 3.00. The molecule has 0 aliphatic heterocycles. The van der Waals surface area contributed by atoms with Gasteiger partial charge in [0.05, 0.1) is 0 Å². The van der Waals surface area contributed by atoms with Crippen LogP contribution in [0.3, 0.4) is 0 Å². The summed E-state index contributed by atoms with van der Waals surface area (Å²) in [5, 5.41) is 0. The Bertz CT molecular complexity index is 209. The predicted octanol–water partition coefficient (Wildman–Crippen LogP) is 0.957. The number of aldehydes is 1. The molecule has 0 spiro atoms. The molecule has 0 bridgehead atoms. The Morgan fingerprint density at radius 3 is 2.20 bits per heavy atom. The lowest BCUT2D eigenvalue weighted by Gasteiger charge is -1.87. The van der Waals surface area contributed by atoms with Gasteiger partial charge in [-0.3, -0.25) is 9.59 Å². The molecule has 0 aliphatic rings. The molecule has 0 N–H and O–H groups in total. The van der Waals surface area contributed by atoms with Crippen molar-refractivity contribution < 1.29 is 9.59 Å². The van der Waals surface area contributed by atoms with Crippen molar-refractivity contribution in [3.05, 3.63) is 35.4 Å². The fraction of sp³-hybridized carbons (Fsp3) is 0. The van der Waals surface area contributed by atoms with E-state index in [1.165, 1.54) is 0 Å². The van der Waals surface area contributed by atoms with Gasteiger partial charge in [0.25, 0.3) is 0 Å². The summed E-state index contributed by atoms with van der Waals surface area (Å²) < 4.78 is 0. The van der Waals surface area contributed by atoms with E-state index in [-0.39, 0.29) is 0 Å². The van der Waals surface area contributed by atoms with E-state index in [1.807, 2.05) is 0 Å². The first kappa shape index (κ1) is 6.68. The first-order valence-corrected chi connectivity index (χ1v) is 2.80. The van der Waals surface area contributed by atoms with Crippen molar-refractivity contribution >= 4 is 12.6 Å². The van der Waals surface area contributed by atoms with Crippen LogP contribution >= 0.6 is 0 Å². The third kappa shape index (κ3) is 1.29. The molecule has 2 heteroatoms. The molecule has 1 aromatic rings. The number of rotatable bonds is 2. The average Bonchev–Trinajstić information content (AvgIpc) is 2.05. The minimum atomic E-state index is 0.464. The lowest BCUT2D eigenvalue weighted by molar-refractivity contribution is 0.112. The fourth-order valence-corrected chi connectivity index (χ4v) is 0.630. The zero-order chi connectivity index (χ0) is 7.40. The fourth-order valence-electron chi connectivity index (χ4n) is 0.630. The standard InChI is InChI=1S/C8H5O2/c9-5-7-1-2-8(6-10)4-3-7/h1-5H. The van der Waals surface area contributed by atoms with E-state index in [9.17, 15) is 9.59 Å². The van der Waals surface area contributed by atoms with Crippen molar-refractivity contribution in [3.8, 4) is 0 Å². The van der Waals surface area contributed by atoms with Gasteiger partial charge in [0.1, 0.15) is 6.29 Å². The summed E-state index contributed by atoms with van der Waals surface area (Å²) in [5.74, 6) is 0. The highest BCUT2D eigenvalue weighted by molar-refractivity contribution is 5.79. The molecule has 0 aromatic heterocycles. The highest BCUT2D eigenvalue weighted by atomic mass is 16.1. The van der Waals surface area contributed by atoms with E-state index >= 15 is 0 Å². The van der Waals surface area contributed by atoms with Crippen LogP contribution in [0.15, 0.2) is 24.3 Å². The molecule has 2 nitrogen and oxygen atoms in total. The Morgan fingerprint density at radius 1 is 1.20 bits per heavy atom. The largest absolute Gasteiger partial charge is 0.298 e. The second-order valence-corrected chi connectivity index (χ2v) is 1.84. The van der Waals surface area contributed by atoms with Gasteiger partial charge in [-0.1, -0.05) is 24.3 Å². The van der Waals surface area contributed by atoms with Crippen molar-refractivity contribution in [2.45, 2.75) is 0 Å². The minimum Gasteiger partial charge on any atom is -0.298 e. The molecule has 49 valence electrons. The minimum absolute atomic E-state index is 0.464. The molecule has 1 rings (SSSR count). The Hall–Kier alpha value is -1.44. The van der Waals surface area contributed by atoms with Gasteiger partial charge in [-0.05, 0) is 0 Å². The maximum Gasteiger partial charge on any atom is 0.233 e. The number of hydrogen-bond donors (Lipinski definition) is 0. The van der Waals surface area contributed by atoms with Crippen LogP contribution in [0.2, 0.25) is 0 Å². The summed E-state index contributed by atoms with van der Waals surface area (Å²) in [6.45, 7) is 0. The summed E-state index contributed by atoms with van der Waals surface area (Å²) >= 11 is 0. The molecule has 1 radical (unpaired) electrons. The van der Waals surface area contributed by atoms with Crippen molar-refractivity contribution in [2.75, 3.05) is 0 Å². The zero-order valence-electron chi connectivity index (χ0n) is 5.20. The number of carbonyl (C=O) groups is 1. The van der Waals surface area contributed by atoms with Gasteiger partial charge >= 0.3 is 0 Å². The van der Waals surface area contributed by atoms with Crippen molar-refractivity contribution in [3.63, 3.8) is 0 Å². The smallest absolute Gasteiger partial charge is 0.233 e. The first-order valence-electron chi connectivity index (χ1n) is 2.80. The normalized spacial score (nSPS) is 8.80. The van der Waals surface area contributed by atoms with Crippen LogP contribution in [0.25, 0.3) is 0 Å². The predicted molar refractivity (Wildman–Crippen MR) is 36.6 cm³/mol. The highest BCUT2D eigenvalue weighted by Crippen LogP contribution is 1.98. The van der Waals surface area contributed by atoms with Gasteiger partial charge in [0, 0.05) is 11.1 Å². The Morgan fingerprint density at radius 2 is 1.80 bits per heavy atom. The molecule has 0 saturated carbocycles. The summed E-state index contributed by atoms with van der Waals surface area (Å²) in [7, 11) is 0. The molecule has 0 saturated heterocycles. The average molecular weight is 133 g/mol. The van der Waals surface area contributed by atoms with E-state index in [2.05, 4.69) is 0 Å². The molecular weight excluding hydrogens is 128 g/mol. The Labute approximate surface area is 58.5 Å². The van der Waals surface area contributed by atoms with Gasteiger partial charge in [0.2, 0.25) is 6.29 Å². The monoisotopic (exact) mass is 133 g/mol. The van der Waals surface area contributed by atoms with Crippen LogP contribution in [0.1, 0.15) is 15.9 Å². The third-order valence-electron chi connectivity index (χ3n) is 1.16. The second-order valence-electron chi connectivity index (χ2n) is 1.84.